The van der Waals surface area contributed by atoms with Gasteiger partial charge in [-0.3, -0.25) is 0 Å². The Hall–Kier alpha value is 0. The molecule has 0 N–H and O–H groups in total. The molecule has 3 aliphatic carbocycles. The summed E-state index contributed by atoms with van der Waals surface area (Å²) in [6.45, 7) is 7.41. The van der Waals surface area contributed by atoms with E-state index in [1.54, 1.807) is 12.8 Å². The molecule has 3 aliphatic rings. The average Bonchev–Trinajstić information content (AvgIpc) is 1.95. The minimum absolute atomic E-state index is 0.804. The lowest BCUT2D eigenvalue weighted by molar-refractivity contribution is -0.373. The van der Waals surface area contributed by atoms with Gasteiger partial charge in [-0.2, -0.15) is 0 Å². The van der Waals surface area contributed by atoms with Crippen molar-refractivity contribution in [2.45, 2.75) is 40.0 Å². The van der Waals surface area contributed by atoms with Gasteiger partial charge >= 0.3 is 0 Å². The highest BCUT2D eigenvalue weighted by Crippen LogP contribution is 2.86. The molecule has 11 heavy (non-hydrogen) atoms. The van der Waals surface area contributed by atoms with Gasteiger partial charge in [0.15, 0.2) is 0 Å². The molecular weight excluding hydrogens is 132 g/mol. The van der Waals surface area contributed by atoms with Gasteiger partial charge in [-0.05, 0) is 47.8 Å². The van der Waals surface area contributed by atoms with Crippen LogP contribution in [0.3, 0.4) is 0 Å². The second-order valence-corrected chi connectivity index (χ2v) is 5.46. The summed E-state index contributed by atoms with van der Waals surface area (Å²) >= 11 is 0. The zero-order chi connectivity index (χ0) is 7.85. The summed E-state index contributed by atoms with van der Waals surface area (Å²) in [6, 6.07) is 0. The van der Waals surface area contributed by atoms with Crippen molar-refractivity contribution in [2.24, 2.45) is 28.6 Å². The third kappa shape index (κ3) is 0.381. The van der Waals surface area contributed by atoms with Crippen LogP contribution in [0.4, 0.5) is 0 Å². The van der Waals surface area contributed by atoms with Gasteiger partial charge in [-0.1, -0.05) is 20.8 Å². The fourth-order valence-electron chi connectivity index (χ4n) is 5.08. The molecule has 0 nitrogen and oxygen atoms in total. The molecule has 5 atom stereocenters. The van der Waals surface area contributed by atoms with E-state index in [9.17, 15) is 0 Å². The lowest BCUT2D eigenvalue weighted by Crippen LogP contribution is -2.79. The first kappa shape index (κ1) is 6.51. The van der Waals surface area contributed by atoms with E-state index in [1.165, 1.54) is 6.42 Å². The lowest BCUT2D eigenvalue weighted by atomic mass is 9.19. The van der Waals surface area contributed by atoms with Crippen LogP contribution in [0.1, 0.15) is 40.0 Å². The minimum Gasteiger partial charge on any atom is -0.0648 e. The van der Waals surface area contributed by atoms with Gasteiger partial charge in [-0.25, -0.2) is 0 Å². The van der Waals surface area contributed by atoms with Crippen molar-refractivity contribution in [1.29, 1.82) is 0 Å². The Morgan fingerprint density at radius 3 is 2.45 bits per heavy atom. The summed E-state index contributed by atoms with van der Waals surface area (Å²) < 4.78 is 0. The summed E-state index contributed by atoms with van der Waals surface area (Å²) in [5.74, 6) is 3.36. The van der Waals surface area contributed by atoms with Gasteiger partial charge < -0.3 is 0 Å². The Kier molecular flexibility index (Phi) is 0.832. The van der Waals surface area contributed by atoms with E-state index in [2.05, 4.69) is 20.8 Å². The Morgan fingerprint density at radius 2 is 2.09 bits per heavy atom. The normalized spacial score (nSPS) is 70.6. The predicted molar refractivity (Wildman–Crippen MR) is 46.2 cm³/mol. The van der Waals surface area contributed by atoms with Gasteiger partial charge in [0.25, 0.3) is 0 Å². The Balaban J connectivity index is 1.95. The van der Waals surface area contributed by atoms with Crippen LogP contribution in [0.2, 0.25) is 0 Å². The van der Waals surface area contributed by atoms with Crippen molar-refractivity contribution in [3.8, 4) is 0 Å². The van der Waals surface area contributed by atoms with Crippen LogP contribution in [-0.2, 0) is 0 Å². The fraction of sp³-hybridized carbons (Fsp3) is 1.00. The van der Waals surface area contributed by atoms with Gasteiger partial charge in [0.2, 0.25) is 0 Å². The SMILES string of the molecule is CCC12CC3CC(C)(C1C)C32. The van der Waals surface area contributed by atoms with E-state index in [1.807, 2.05) is 0 Å². The molecule has 0 aromatic heterocycles. The van der Waals surface area contributed by atoms with Crippen LogP contribution >= 0.6 is 0 Å². The van der Waals surface area contributed by atoms with Crippen LogP contribution in [0.15, 0.2) is 0 Å². The van der Waals surface area contributed by atoms with E-state index < -0.39 is 0 Å². The number of hydrogen-bond acceptors (Lipinski definition) is 0. The highest BCUT2D eigenvalue weighted by Gasteiger charge is 2.80. The van der Waals surface area contributed by atoms with Crippen LogP contribution < -0.4 is 0 Å². The van der Waals surface area contributed by atoms with E-state index in [0.29, 0.717) is 0 Å². The molecule has 0 radical (unpaired) electrons. The van der Waals surface area contributed by atoms with Crippen LogP contribution in [0.25, 0.3) is 0 Å². The largest absolute Gasteiger partial charge is 0.0648 e. The zero-order valence-corrected chi connectivity index (χ0v) is 7.85. The number of rotatable bonds is 1. The van der Waals surface area contributed by atoms with Crippen molar-refractivity contribution < 1.29 is 0 Å². The summed E-state index contributed by atoms with van der Waals surface area (Å²) in [5.41, 5.74) is 1.65. The van der Waals surface area contributed by atoms with E-state index >= 15 is 0 Å². The third-order valence-electron chi connectivity index (χ3n) is 5.66. The third-order valence-corrected chi connectivity index (χ3v) is 5.66. The molecule has 0 aromatic carbocycles. The maximum absolute atomic E-state index is 2.52. The molecule has 5 unspecified atom stereocenters. The zero-order valence-electron chi connectivity index (χ0n) is 7.85. The van der Waals surface area contributed by atoms with E-state index in [-0.39, 0.29) is 0 Å². The lowest BCUT2D eigenvalue weighted by Gasteiger charge is -2.85. The first-order valence-electron chi connectivity index (χ1n) is 5.15. The van der Waals surface area contributed by atoms with Gasteiger partial charge in [0, 0.05) is 0 Å². The van der Waals surface area contributed by atoms with Crippen molar-refractivity contribution in [3.63, 3.8) is 0 Å². The molecule has 0 heterocycles. The highest BCUT2D eigenvalue weighted by molar-refractivity contribution is 5.28. The summed E-state index contributed by atoms with van der Waals surface area (Å²) in [5, 5.41) is 0. The summed E-state index contributed by atoms with van der Waals surface area (Å²) in [7, 11) is 0. The van der Waals surface area contributed by atoms with Gasteiger partial charge in [0.05, 0.1) is 0 Å². The van der Waals surface area contributed by atoms with Crippen LogP contribution in [0, 0.1) is 28.6 Å². The molecule has 0 saturated heterocycles. The molecule has 3 saturated carbocycles. The Bertz CT molecular complexity index is 210. The molecule has 0 aliphatic heterocycles. The average molecular weight is 150 g/mol. The van der Waals surface area contributed by atoms with Crippen molar-refractivity contribution >= 4 is 0 Å². The predicted octanol–water partition coefficient (Wildman–Crippen LogP) is 3.08. The second-order valence-electron chi connectivity index (χ2n) is 5.46. The molecule has 3 fully saturated rings. The first-order valence-corrected chi connectivity index (χ1v) is 5.15. The molecular formula is C11H18. The fourth-order valence-corrected chi connectivity index (χ4v) is 5.08. The molecule has 0 amide bonds. The first-order chi connectivity index (χ1) is 5.15. The molecule has 0 heteroatoms. The van der Waals surface area contributed by atoms with Crippen molar-refractivity contribution in [3.05, 3.63) is 0 Å². The second kappa shape index (κ2) is 1.41. The van der Waals surface area contributed by atoms with Crippen molar-refractivity contribution in [1.82, 2.24) is 0 Å². The molecule has 3 rings (SSSR count). The molecule has 0 bridgehead atoms. The number of hydrogen-bond donors (Lipinski definition) is 0. The topological polar surface area (TPSA) is 0 Å². The maximum atomic E-state index is 2.52. The molecule has 0 spiro atoms. The summed E-state index contributed by atoms with van der Waals surface area (Å²) in [6.07, 6.45) is 4.58. The molecule has 62 valence electrons. The monoisotopic (exact) mass is 150 g/mol. The standard InChI is InChI=1S/C11H18/c1-4-11-6-8-5-10(3,7(11)2)9(8)11/h7-9H,4-6H2,1-3H3. The molecule has 0 aromatic rings. The van der Waals surface area contributed by atoms with E-state index in [4.69, 9.17) is 0 Å². The van der Waals surface area contributed by atoms with E-state index in [0.717, 1.165) is 28.6 Å². The quantitative estimate of drug-likeness (QED) is 0.539. The summed E-state index contributed by atoms with van der Waals surface area (Å²) in [4.78, 5) is 0. The van der Waals surface area contributed by atoms with Crippen molar-refractivity contribution in [2.75, 3.05) is 0 Å². The van der Waals surface area contributed by atoms with Crippen LogP contribution in [0.5, 0.6) is 0 Å². The maximum Gasteiger partial charge on any atom is -0.0230 e. The van der Waals surface area contributed by atoms with Crippen LogP contribution in [-0.4, -0.2) is 0 Å². The smallest absolute Gasteiger partial charge is 0.0230 e. The minimum atomic E-state index is 0.804. The van der Waals surface area contributed by atoms with Gasteiger partial charge in [-0.15, -0.1) is 0 Å². The Morgan fingerprint density at radius 1 is 1.36 bits per heavy atom. The van der Waals surface area contributed by atoms with Gasteiger partial charge in [0.1, 0.15) is 0 Å². The Labute approximate surface area is 69.4 Å². The highest BCUT2D eigenvalue weighted by atomic mass is 14.8.